The van der Waals surface area contributed by atoms with Crippen LogP contribution in [-0.2, 0) is 33.0 Å². The first-order chi connectivity index (χ1) is 14.3. The van der Waals surface area contributed by atoms with E-state index in [0.717, 1.165) is 4.57 Å². The van der Waals surface area contributed by atoms with E-state index < -0.39 is 40.5 Å². The standard InChI is InChI=1S/C18H16F6N4O3/c1-26-9-25-14-13(26)15(29)28(16(30)27(14)2)4-3-5-31-12-7-10(17(19,20)21)6-11(8-12)18(22,23)24/h6-9H,3-5H2,1-2H3. The summed E-state index contributed by atoms with van der Waals surface area (Å²) in [6.07, 6.45) is -8.63. The molecule has 2 aromatic heterocycles. The van der Waals surface area contributed by atoms with Crippen LogP contribution in [0.15, 0.2) is 34.1 Å². The van der Waals surface area contributed by atoms with Crippen molar-refractivity contribution in [2.75, 3.05) is 6.61 Å². The van der Waals surface area contributed by atoms with E-state index in [2.05, 4.69) is 4.98 Å². The second-order valence-corrected chi connectivity index (χ2v) is 6.77. The van der Waals surface area contributed by atoms with E-state index in [-0.39, 0.29) is 36.8 Å². The number of alkyl halides is 6. The average molecular weight is 450 g/mol. The summed E-state index contributed by atoms with van der Waals surface area (Å²) >= 11 is 0. The van der Waals surface area contributed by atoms with Gasteiger partial charge in [-0.25, -0.2) is 9.78 Å². The number of rotatable bonds is 5. The molecule has 7 nitrogen and oxygen atoms in total. The molecule has 0 aliphatic rings. The van der Waals surface area contributed by atoms with Gasteiger partial charge < -0.3 is 9.30 Å². The molecular formula is C18H16F6N4O3. The third-order valence-corrected chi connectivity index (χ3v) is 4.56. The van der Waals surface area contributed by atoms with E-state index in [1.807, 2.05) is 0 Å². The van der Waals surface area contributed by atoms with E-state index in [9.17, 15) is 35.9 Å². The van der Waals surface area contributed by atoms with E-state index in [0.29, 0.717) is 12.1 Å². The molecule has 0 radical (unpaired) electrons. The van der Waals surface area contributed by atoms with Crippen LogP contribution in [0.5, 0.6) is 5.75 Å². The van der Waals surface area contributed by atoms with Crippen LogP contribution in [0.2, 0.25) is 0 Å². The first-order valence-corrected chi connectivity index (χ1v) is 8.84. The molecule has 0 aliphatic heterocycles. The molecule has 0 atom stereocenters. The van der Waals surface area contributed by atoms with Crippen LogP contribution in [0.1, 0.15) is 17.5 Å². The van der Waals surface area contributed by atoms with Crippen molar-refractivity contribution in [1.82, 2.24) is 18.7 Å². The Bertz CT molecular complexity index is 1200. The average Bonchev–Trinajstić information content (AvgIpc) is 3.06. The Morgan fingerprint density at radius 2 is 1.55 bits per heavy atom. The molecule has 0 unspecified atom stereocenters. The predicted molar refractivity (Wildman–Crippen MR) is 96.8 cm³/mol. The SMILES string of the molecule is Cn1cnc2c1c(=O)n(CCCOc1cc(C(F)(F)F)cc(C(F)(F)F)c1)c(=O)n2C. The van der Waals surface area contributed by atoms with Gasteiger partial charge in [-0.1, -0.05) is 0 Å². The lowest BCUT2D eigenvalue weighted by atomic mass is 10.1. The molecule has 2 heterocycles. The van der Waals surface area contributed by atoms with Crippen LogP contribution in [0, 0.1) is 0 Å². The molecule has 0 saturated heterocycles. The molecule has 0 N–H and O–H groups in total. The van der Waals surface area contributed by atoms with Crippen molar-refractivity contribution in [2.45, 2.75) is 25.3 Å². The number of aryl methyl sites for hydroxylation is 2. The van der Waals surface area contributed by atoms with Crippen molar-refractivity contribution in [3.05, 3.63) is 56.5 Å². The van der Waals surface area contributed by atoms with Gasteiger partial charge in [0, 0.05) is 20.6 Å². The highest BCUT2D eigenvalue weighted by molar-refractivity contribution is 5.69. The van der Waals surface area contributed by atoms with Gasteiger partial charge in [-0.3, -0.25) is 13.9 Å². The lowest BCUT2D eigenvalue weighted by Gasteiger charge is -2.15. The number of hydrogen-bond donors (Lipinski definition) is 0. The van der Waals surface area contributed by atoms with Gasteiger partial charge in [-0.2, -0.15) is 26.3 Å². The Morgan fingerprint density at radius 1 is 0.968 bits per heavy atom. The fraction of sp³-hybridized carbons (Fsp3) is 0.389. The molecule has 3 rings (SSSR count). The van der Waals surface area contributed by atoms with Crippen molar-refractivity contribution < 1.29 is 31.1 Å². The third kappa shape index (κ3) is 4.44. The summed E-state index contributed by atoms with van der Waals surface area (Å²) in [5.41, 5.74) is -3.90. The lowest BCUT2D eigenvalue weighted by Crippen LogP contribution is -2.39. The van der Waals surface area contributed by atoms with Gasteiger partial charge >= 0.3 is 18.0 Å². The smallest absolute Gasteiger partial charge is 0.416 e. The summed E-state index contributed by atoms with van der Waals surface area (Å²) < 4.78 is 86.0. The molecule has 0 aliphatic carbocycles. The minimum Gasteiger partial charge on any atom is -0.493 e. The minimum atomic E-state index is -4.99. The maximum Gasteiger partial charge on any atom is 0.416 e. The van der Waals surface area contributed by atoms with Crippen molar-refractivity contribution in [1.29, 1.82) is 0 Å². The predicted octanol–water partition coefficient (Wildman–Crippen LogP) is 2.94. The van der Waals surface area contributed by atoms with Gasteiger partial charge in [-0.05, 0) is 24.6 Å². The van der Waals surface area contributed by atoms with Crippen molar-refractivity contribution in [2.24, 2.45) is 14.1 Å². The van der Waals surface area contributed by atoms with Crippen LogP contribution in [0.4, 0.5) is 26.3 Å². The molecule has 31 heavy (non-hydrogen) atoms. The van der Waals surface area contributed by atoms with Crippen molar-refractivity contribution in [3.8, 4) is 5.75 Å². The van der Waals surface area contributed by atoms with Crippen LogP contribution in [0.3, 0.4) is 0 Å². The molecule has 0 amide bonds. The molecule has 0 fully saturated rings. The summed E-state index contributed by atoms with van der Waals surface area (Å²) in [7, 11) is 2.99. The van der Waals surface area contributed by atoms with Crippen LogP contribution >= 0.6 is 0 Å². The van der Waals surface area contributed by atoms with Gasteiger partial charge in [-0.15, -0.1) is 0 Å². The zero-order valence-corrected chi connectivity index (χ0v) is 16.2. The first kappa shape index (κ1) is 22.4. The first-order valence-electron chi connectivity index (χ1n) is 8.84. The highest BCUT2D eigenvalue weighted by Gasteiger charge is 2.37. The number of nitrogens with zero attached hydrogens (tertiary/aromatic N) is 4. The van der Waals surface area contributed by atoms with Gasteiger partial charge in [0.1, 0.15) is 5.75 Å². The van der Waals surface area contributed by atoms with E-state index >= 15 is 0 Å². The largest absolute Gasteiger partial charge is 0.493 e. The molecular weight excluding hydrogens is 434 g/mol. The van der Waals surface area contributed by atoms with E-state index in [1.165, 1.54) is 22.5 Å². The lowest BCUT2D eigenvalue weighted by molar-refractivity contribution is -0.143. The summed E-state index contributed by atoms with van der Waals surface area (Å²) in [4.78, 5) is 28.9. The Morgan fingerprint density at radius 3 is 2.10 bits per heavy atom. The van der Waals surface area contributed by atoms with Crippen molar-refractivity contribution in [3.63, 3.8) is 0 Å². The Balaban J connectivity index is 1.80. The maximum atomic E-state index is 12.9. The number of hydrogen-bond acceptors (Lipinski definition) is 4. The van der Waals surface area contributed by atoms with E-state index in [1.54, 1.807) is 7.05 Å². The number of benzene rings is 1. The van der Waals surface area contributed by atoms with Gasteiger partial charge in [0.15, 0.2) is 11.2 Å². The second-order valence-electron chi connectivity index (χ2n) is 6.77. The highest BCUT2D eigenvalue weighted by atomic mass is 19.4. The van der Waals surface area contributed by atoms with Crippen LogP contribution in [0.25, 0.3) is 11.2 Å². The fourth-order valence-electron chi connectivity index (χ4n) is 3.02. The quantitative estimate of drug-likeness (QED) is 0.443. The molecule has 1 aromatic carbocycles. The fourth-order valence-corrected chi connectivity index (χ4v) is 3.02. The summed E-state index contributed by atoms with van der Waals surface area (Å²) in [6.45, 7) is -0.477. The molecule has 168 valence electrons. The number of ether oxygens (including phenoxy) is 1. The molecule has 0 bridgehead atoms. The third-order valence-electron chi connectivity index (χ3n) is 4.56. The number of fused-ring (bicyclic) bond motifs is 1. The Kier molecular flexibility index (Phi) is 5.63. The van der Waals surface area contributed by atoms with E-state index in [4.69, 9.17) is 4.74 Å². The monoisotopic (exact) mass is 450 g/mol. The zero-order chi connectivity index (χ0) is 23.1. The molecule has 13 heteroatoms. The summed E-state index contributed by atoms with van der Waals surface area (Å²) in [5.74, 6) is -0.621. The molecule has 0 saturated carbocycles. The Hall–Kier alpha value is -3.25. The van der Waals surface area contributed by atoms with Crippen LogP contribution < -0.4 is 16.0 Å². The molecule has 0 spiro atoms. The molecule has 3 aromatic rings. The number of aromatic nitrogens is 4. The van der Waals surface area contributed by atoms with Crippen LogP contribution in [-0.4, -0.2) is 25.3 Å². The van der Waals surface area contributed by atoms with Gasteiger partial charge in [0.25, 0.3) is 5.56 Å². The van der Waals surface area contributed by atoms with Crippen molar-refractivity contribution >= 4 is 11.2 Å². The number of imidazole rings is 1. The summed E-state index contributed by atoms with van der Waals surface area (Å²) in [6, 6.07) is 0.920. The normalized spacial score (nSPS) is 12.5. The maximum absolute atomic E-state index is 12.9. The number of halogens is 6. The zero-order valence-electron chi connectivity index (χ0n) is 16.2. The topological polar surface area (TPSA) is 71.1 Å². The highest BCUT2D eigenvalue weighted by Crippen LogP contribution is 2.38. The second kappa shape index (κ2) is 7.78. The summed E-state index contributed by atoms with van der Waals surface area (Å²) in [5, 5.41) is 0. The minimum absolute atomic E-state index is 0.000753. The van der Waals surface area contributed by atoms with Gasteiger partial charge in [0.05, 0.1) is 24.1 Å². The Labute approximate surface area is 170 Å². The van der Waals surface area contributed by atoms with Gasteiger partial charge in [0.2, 0.25) is 0 Å².